The summed E-state index contributed by atoms with van der Waals surface area (Å²) in [7, 11) is 1.37. The van der Waals surface area contributed by atoms with Crippen molar-refractivity contribution in [3.8, 4) is 5.75 Å². The number of carbonyl (C=O) groups excluding carboxylic acids is 1. The fourth-order valence-corrected chi connectivity index (χ4v) is 1.46. The first-order valence-electron chi connectivity index (χ1n) is 3.18. The molecule has 0 amide bonds. The second-order valence-corrected chi connectivity index (χ2v) is 3.26. The summed E-state index contributed by atoms with van der Waals surface area (Å²) >= 11 is 1.94. The lowest BCUT2D eigenvalue weighted by molar-refractivity contribution is 0.111. The molecule has 1 rings (SSSR count). The van der Waals surface area contributed by atoms with E-state index in [9.17, 15) is 9.18 Å². The van der Waals surface area contributed by atoms with Gasteiger partial charge in [-0.3, -0.25) is 4.79 Å². The smallest absolute Gasteiger partial charge is 0.176 e. The number of ether oxygens (including phenoxy) is 1. The number of methoxy groups -OCH3 is 1. The van der Waals surface area contributed by atoms with Crippen LogP contribution in [0, 0.1) is 9.39 Å². The van der Waals surface area contributed by atoms with E-state index < -0.39 is 5.82 Å². The maximum Gasteiger partial charge on any atom is 0.176 e. The molecule has 0 aliphatic heterocycles. The molecule has 1 aromatic rings. The molecule has 0 aliphatic rings. The second-order valence-electron chi connectivity index (χ2n) is 2.10. The lowest BCUT2D eigenvalue weighted by Gasteiger charge is -2.04. The van der Waals surface area contributed by atoms with Crippen LogP contribution >= 0.6 is 22.6 Å². The van der Waals surface area contributed by atoms with Gasteiger partial charge in [-0.2, -0.15) is 0 Å². The average molecular weight is 280 g/mol. The summed E-state index contributed by atoms with van der Waals surface area (Å²) in [4.78, 5) is 10.3. The quantitative estimate of drug-likeness (QED) is 0.613. The van der Waals surface area contributed by atoms with E-state index in [2.05, 4.69) is 0 Å². The van der Waals surface area contributed by atoms with Gasteiger partial charge in [-0.1, -0.05) is 0 Å². The van der Waals surface area contributed by atoms with Gasteiger partial charge < -0.3 is 4.74 Å². The molecule has 0 aromatic heterocycles. The van der Waals surface area contributed by atoms with E-state index in [4.69, 9.17) is 4.74 Å². The monoisotopic (exact) mass is 280 g/mol. The van der Waals surface area contributed by atoms with Crippen LogP contribution in [0.3, 0.4) is 0 Å². The van der Waals surface area contributed by atoms with Gasteiger partial charge in [0, 0.05) is 0 Å². The molecule has 12 heavy (non-hydrogen) atoms. The van der Waals surface area contributed by atoms with Crippen LogP contribution in [0.2, 0.25) is 0 Å². The Morgan fingerprint density at radius 1 is 1.58 bits per heavy atom. The third kappa shape index (κ3) is 1.57. The van der Waals surface area contributed by atoms with Crippen LogP contribution in [0.5, 0.6) is 5.75 Å². The van der Waals surface area contributed by atoms with Crippen molar-refractivity contribution in [2.24, 2.45) is 0 Å². The van der Waals surface area contributed by atoms with Gasteiger partial charge in [0.2, 0.25) is 0 Å². The van der Waals surface area contributed by atoms with Gasteiger partial charge in [-0.05, 0) is 34.7 Å². The molecule has 4 heteroatoms. The Bertz CT molecular complexity index is 312. The first-order valence-corrected chi connectivity index (χ1v) is 4.25. The lowest BCUT2D eigenvalue weighted by atomic mass is 10.2. The van der Waals surface area contributed by atoms with E-state index in [1.165, 1.54) is 13.2 Å². The average Bonchev–Trinajstić information content (AvgIpc) is 2.06. The van der Waals surface area contributed by atoms with Crippen molar-refractivity contribution < 1.29 is 13.9 Å². The van der Waals surface area contributed by atoms with Gasteiger partial charge in [-0.25, -0.2) is 4.39 Å². The van der Waals surface area contributed by atoms with E-state index in [1.54, 1.807) is 6.07 Å². The van der Waals surface area contributed by atoms with Crippen LogP contribution in [-0.4, -0.2) is 13.4 Å². The fraction of sp³-hybridized carbons (Fsp3) is 0.125. The highest BCUT2D eigenvalue weighted by Gasteiger charge is 2.11. The minimum absolute atomic E-state index is 0.0206. The highest BCUT2D eigenvalue weighted by molar-refractivity contribution is 14.1. The van der Waals surface area contributed by atoms with E-state index >= 15 is 0 Å². The van der Waals surface area contributed by atoms with Crippen molar-refractivity contribution in [3.63, 3.8) is 0 Å². The largest absolute Gasteiger partial charge is 0.493 e. The molecule has 1 aromatic carbocycles. The summed E-state index contributed by atoms with van der Waals surface area (Å²) < 4.78 is 18.6. The maximum atomic E-state index is 13.2. The molecule has 0 aliphatic carbocycles. The first-order chi connectivity index (χ1) is 5.70. The Morgan fingerprint density at radius 3 is 2.75 bits per heavy atom. The molecule has 0 spiro atoms. The van der Waals surface area contributed by atoms with Crippen molar-refractivity contribution in [2.75, 3.05) is 7.11 Å². The standard InChI is InChI=1S/C8H6FIO2/c1-12-8-6(10)3-2-5(4-11)7(8)9/h2-4H,1H3. The Kier molecular flexibility index (Phi) is 3.02. The molecule has 0 atom stereocenters. The molecule has 0 heterocycles. The normalized spacial score (nSPS) is 9.58. The number of carbonyl (C=O) groups is 1. The number of hydrogen-bond acceptors (Lipinski definition) is 2. The van der Waals surface area contributed by atoms with Crippen molar-refractivity contribution in [1.29, 1.82) is 0 Å². The molecule has 0 saturated heterocycles. The molecule has 64 valence electrons. The first kappa shape index (κ1) is 9.44. The predicted molar refractivity (Wildman–Crippen MR) is 51.1 cm³/mol. The third-order valence-corrected chi connectivity index (χ3v) is 2.26. The Hall–Kier alpha value is -0.650. The number of halogens is 2. The summed E-state index contributed by atoms with van der Waals surface area (Å²) in [6.07, 6.45) is 0.466. The number of benzene rings is 1. The molecule has 0 bridgehead atoms. The van der Waals surface area contributed by atoms with Crippen LogP contribution in [0.4, 0.5) is 4.39 Å². The van der Waals surface area contributed by atoms with Gasteiger partial charge in [0.05, 0.1) is 16.2 Å². The van der Waals surface area contributed by atoms with Crippen LogP contribution in [0.15, 0.2) is 12.1 Å². The minimum atomic E-state index is -0.598. The molecule has 0 fully saturated rings. The number of rotatable bonds is 2. The maximum absolute atomic E-state index is 13.2. The topological polar surface area (TPSA) is 26.3 Å². The summed E-state index contributed by atoms with van der Waals surface area (Å²) in [6, 6.07) is 3.05. The van der Waals surface area contributed by atoms with Crippen LogP contribution < -0.4 is 4.74 Å². The fourth-order valence-electron chi connectivity index (χ4n) is 0.826. The van der Waals surface area contributed by atoms with E-state index in [1.807, 2.05) is 22.6 Å². The van der Waals surface area contributed by atoms with Crippen molar-refractivity contribution in [2.45, 2.75) is 0 Å². The zero-order valence-corrected chi connectivity index (χ0v) is 8.46. The van der Waals surface area contributed by atoms with Gasteiger partial charge in [-0.15, -0.1) is 0 Å². The van der Waals surface area contributed by atoms with Gasteiger partial charge in [0.25, 0.3) is 0 Å². The Morgan fingerprint density at radius 2 is 2.25 bits per heavy atom. The van der Waals surface area contributed by atoms with E-state index in [0.29, 0.717) is 9.86 Å². The van der Waals surface area contributed by atoms with Gasteiger partial charge >= 0.3 is 0 Å². The zero-order valence-electron chi connectivity index (χ0n) is 6.30. The van der Waals surface area contributed by atoms with Crippen LogP contribution in [0.25, 0.3) is 0 Å². The van der Waals surface area contributed by atoms with Crippen LogP contribution in [0.1, 0.15) is 10.4 Å². The summed E-state index contributed by atoms with van der Waals surface area (Å²) in [6.45, 7) is 0. The summed E-state index contributed by atoms with van der Waals surface area (Å²) in [5.74, 6) is -0.473. The van der Waals surface area contributed by atoms with E-state index in [0.717, 1.165) is 0 Å². The second kappa shape index (κ2) is 3.84. The molecular weight excluding hydrogens is 274 g/mol. The number of hydrogen-bond donors (Lipinski definition) is 0. The molecule has 2 nitrogen and oxygen atoms in total. The van der Waals surface area contributed by atoms with Crippen molar-refractivity contribution in [1.82, 2.24) is 0 Å². The Balaban J connectivity index is 3.33. The van der Waals surface area contributed by atoms with Gasteiger partial charge in [0.1, 0.15) is 0 Å². The molecule has 0 radical (unpaired) electrons. The highest BCUT2D eigenvalue weighted by atomic mass is 127. The van der Waals surface area contributed by atoms with Gasteiger partial charge in [0.15, 0.2) is 17.9 Å². The third-order valence-electron chi connectivity index (χ3n) is 1.41. The SMILES string of the molecule is COc1c(I)ccc(C=O)c1F. The van der Waals surface area contributed by atoms with Crippen molar-refractivity contribution >= 4 is 28.9 Å². The Labute approximate surface area is 82.9 Å². The predicted octanol–water partition coefficient (Wildman–Crippen LogP) is 2.25. The molecule has 0 N–H and O–H groups in total. The molecular formula is C8H6FIO2. The van der Waals surface area contributed by atoms with Crippen LogP contribution in [-0.2, 0) is 0 Å². The minimum Gasteiger partial charge on any atom is -0.493 e. The number of aldehydes is 1. The lowest BCUT2D eigenvalue weighted by Crippen LogP contribution is -1.95. The zero-order chi connectivity index (χ0) is 9.14. The van der Waals surface area contributed by atoms with E-state index in [-0.39, 0.29) is 11.3 Å². The molecule has 0 unspecified atom stereocenters. The molecule has 0 saturated carbocycles. The highest BCUT2D eigenvalue weighted by Crippen LogP contribution is 2.25. The van der Waals surface area contributed by atoms with Crippen molar-refractivity contribution in [3.05, 3.63) is 27.1 Å². The summed E-state index contributed by atoms with van der Waals surface area (Å²) in [5.41, 5.74) is 0.0206. The summed E-state index contributed by atoms with van der Waals surface area (Å²) in [5, 5.41) is 0.